The van der Waals surface area contributed by atoms with Crippen molar-refractivity contribution in [1.29, 1.82) is 0 Å². The molecule has 6 atom stereocenters. The third-order valence-electron chi connectivity index (χ3n) is 11.1. The molecular weight excluding hydrogens is 608 g/mol. The highest BCUT2D eigenvalue weighted by Crippen LogP contribution is 2.49. The van der Waals surface area contributed by atoms with Gasteiger partial charge in [-0.1, -0.05) is 50.1 Å². The smallest absolute Gasteiger partial charge is 0.264 e. The Labute approximate surface area is 273 Å². The summed E-state index contributed by atoms with van der Waals surface area (Å²) in [7, 11) is -2.14. The SMILES string of the molecule is CCC[C@@H]1[C@@H](C)C/C=C/[C@@](C)(OC)[C@@H]2CC[C@H]2CN2C[C@@]3(CCCc4cc(Cl)ccc43)COc3ccc(cc32)C(=O)NS1(=O)=O. The quantitative estimate of drug-likeness (QED) is 0.357. The molecule has 6 rings (SSSR count). The number of fused-ring (bicyclic) bond motifs is 4. The molecule has 0 aromatic heterocycles. The van der Waals surface area contributed by atoms with E-state index in [1.165, 1.54) is 11.1 Å². The first-order chi connectivity index (χ1) is 21.5. The first-order valence-corrected chi connectivity index (χ1v) is 18.5. The number of nitrogens with one attached hydrogen (secondary N) is 1. The van der Waals surface area contributed by atoms with Gasteiger partial charge in [-0.2, -0.15) is 0 Å². The van der Waals surface area contributed by atoms with E-state index < -0.39 is 26.8 Å². The van der Waals surface area contributed by atoms with Gasteiger partial charge in [-0.05, 0) is 111 Å². The Hall–Kier alpha value is -2.55. The van der Waals surface area contributed by atoms with Gasteiger partial charge in [0, 0.05) is 36.2 Å². The van der Waals surface area contributed by atoms with Crippen LogP contribution < -0.4 is 14.4 Å². The van der Waals surface area contributed by atoms with Gasteiger partial charge in [-0.25, -0.2) is 13.1 Å². The molecule has 2 aromatic carbocycles. The molecule has 1 fully saturated rings. The maximum atomic E-state index is 13.7. The standard InChI is InChI=1S/C36H47ClN2O5S/c1-5-8-33-24(2)9-6-17-35(3,43-4)29-14-11-27(29)21-39-22-36(18-7-10-25-19-28(37)13-15-30(25)36)23-44-32-16-12-26(20-31(32)39)34(40)38-45(33,41)42/h6,12-13,15-17,19-20,24,27,29,33H,5,7-11,14,18,21-23H2,1-4H3,(H,38,40)/b17-6+/t24-,27-,29+,33+,35+,36-/m0/s1. The maximum Gasteiger partial charge on any atom is 0.264 e. The van der Waals surface area contributed by atoms with Gasteiger partial charge >= 0.3 is 0 Å². The summed E-state index contributed by atoms with van der Waals surface area (Å²) >= 11 is 6.43. The first-order valence-electron chi connectivity index (χ1n) is 16.6. The number of nitrogens with zero attached hydrogens (tertiary/aromatic N) is 1. The average Bonchev–Trinajstić information content (AvgIpc) is 3.14. The van der Waals surface area contributed by atoms with Gasteiger partial charge in [0.25, 0.3) is 5.91 Å². The third-order valence-corrected chi connectivity index (χ3v) is 13.3. The van der Waals surface area contributed by atoms with Gasteiger partial charge < -0.3 is 14.4 Å². The summed E-state index contributed by atoms with van der Waals surface area (Å²) in [6.07, 6.45) is 11.2. The predicted octanol–water partition coefficient (Wildman–Crippen LogP) is 7.07. The largest absolute Gasteiger partial charge is 0.490 e. The molecule has 45 heavy (non-hydrogen) atoms. The summed E-state index contributed by atoms with van der Waals surface area (Å²) in [4.78, 5) is 16.0. The second kappa shape index (κ2) is 12.6. The molecule has 2 aliphatic carbocycles. The fraction of sp³-hybridized carbons (Fsp3) is 0.583. The topological polar surface area (TPSA) is 84.9 Å². The number of allylic oxidation sites excluding steroid dienone is 1. The molecule has 244 valence electrons. The minimum Gasteiger partial charge on any atom is -0.490 e. The van der Waals surface area contributed by atoms with Crippen molar-refractivity contribution in [3.05, 3.63) is 70.3 Å². The number of ether oxygens (including phenoxy) is 2. The van der Waals surface area contributed by atoms with Crippen LogP contribution in [0.4, 0.5) is 5.69 Å². The number of benzene rings is 2. The van der Waals surface area contributed by atoms with Crippen LogP contribution in [-0.4, -0.2) is 52.0 Å². The van der Waals surface area contributed by atoms with Crippen LogP contribution in [0.15, 0.2) is 48.6 Å². The first kappa shape index (κ1) is 32.4. The Morgan fingerprint density at radius 3 is 2.73 bits per heavy atom. The lowest BCUT2D eigenvalue weighted by Crippen LogP contribution is -2.52. The van der Waals surface area contributed by atoms with Crippen molar-refractivity contribution in [2.75, 3.05) is 31.7 Å². The summed E-state index contributed by atoms with van der Waals surface area (Å²) < 4.78 is 42.6. The van der Waals surface area contributed by atoms with E-state index >= 15 is 0 Å². The third kappa shape index (κ3) is 6.15. The molecule has 7 nitrogen and oxygen atoms in total. The number of hydrogen-bond acceptors (Lipinski definition) is 6. The van der Waals surface area contributed by atoms with E-state index in [2.05, 4.69) is 40.8 Å². The Kier molecular flexibility index (Phi) is 9.05. The molecule has 1 N–H and O–H groups in total. The normalized spacial score (nSPS) is 33.5. The monoisotopic (exact) mass is 654 g/mol. The van der Waals surface area contributed by atoms with E-state index in [0.717, 1.165) is 61.7 Å². The number of rotatable bonds is 3. The van der Waals surface area contributed by atoms with Gasteiger partial charge in [0.1, 0.15) is 5.75 Å². The van der Waals surface area contributed by atoms with Gasteiger partial charge in [-0.15, -0.1) is 0 Å². The van der Waals surface area contributed by atoms with E-state index in [9.17, 15) is 13.2 Å². The Morgan fingerprint density at radius 1 is 1.18 bits per heavy atom. The van der Waals surface area contributed by atoms with E-state index in [0.29, 0.717) is 43.3 Å². The summed E-state index contributed by atoms with van der Waals surface area (Å²) in [6.45, 7) is 8.14. The molecule has 0 radical (unpaired) electrons. The summed E-state index contributed by atoms with van der Waals surface area (Å²) in [5.41, 5.74) is 3.01. The molecule has 2 aliphatic heterocycles. The van der Waals surface area contributed by atoms with Crippen LogP contribution in [0.1, 0.15) is 87.2 Å². The fourth-order valence-electron chi connectivity index (χ4n) is 8.39. The number of halogens is 1. The zero-order valence-electron chi connectivity index (χ0n) is 27.0. The maximum absolute atomic E-state index is 13.7. The van der Waals surface area contributed by atoms with Crippen molar-refractivity contribution in [3.8, 4) is 5.75 Å². The molecule has 1 spiro atoms. The molecule has 2 aromatic rings. The van der Waals surface area contributed by atoms with Crippen LogP contribution in [0.5, 0.6) is 5.75 Å². The molecule has 1 saturated carbocycles. The molecule has 0 saturated heterocycles. The number of carbonyl (C=O) groups is 1. The molecule has 2 bridgehead atoms. The summed E-state index contributed by atoms with van der Waals surface area (Å²) in [6, 6.07) is 11.6. The number of anilines is 1. The Balaban J connectivity index is 1.45. The number of aryl methyl sites for hydroxylation is 1. The summed E-state index contributed by atoms with van der Waals surface area (Å²) in [5, 5.41) is 0.0636. The van der Waals surface area contributed by atoms with E-state index in [-0.39, 0.29) is 11.3 Å². The van der Waals surface area contributed by atoms with Crippen molar-refractivity contribution in [2.45, 2.75) is 88.4 Å². The van der Waals surface area contributed by atoms with Crippen LogP contribution in [0, 0.1) is 17.8 Å². The molecule has 0 unspecified atom stereocenters. The van der Waals surface area contributed by atoms with Crippen molar-refractivity contribution in [2.24, 2.45) is 17.8 Å². The number of methoxy groups -OCH3 is 1. The second-order valence-corrected chi connectivity index (χ2v) is 16.4. The lowest BCUT2D eigenvalue weighted by atomic mass is 9.64. The Morgan fingerprint density at radius 2 is 2.00 bits per heavy atom. The number of carbonyl (C=O) groups excluding carboxylic acids is 1. The van der Waals surface area contributed by atoms with Gasteiger partial charge in [0.15, 0.2) is 0 Å². The van der Waals surface area contributed by atoms with Crippen LogP contribution >= 0.6 is 11.6 Å². The zero-order valence-corrected chi connectivity index (χ0v) is 28.6. The van der Waals surface area contributed by atoms with Gasteiger partial charge in [0.05, 0.1) is 23.1 Å². The number of hydrogen-bond donors (Lipinski definition) is 1. The van der Waals surface area contributed by atoms with Crippen molar-refractivity contribution in [1.82, 2.24) is 4.72 Å². The van der Waals surface area contributed by atoms with Crippen LogP contribution in [0.25, 0.3) is 0 Å². The highest BCUT2D eigenvalue weighted by molar-refractivity contribution is 7.90. The number of amides is 1. The van der Waals surface area contributed by atoms with Crippen LogP contribution in [0.3, 0.4) is 0 Å². The molecule has 4 aliphatic rings. The predicted molar refractivity (Wildman–Crippen MR) is 180 cm³/mol. The lowest BCUT2D eigenvalue weighted by Gasteiger charge is -2.49. The van der Waals surface area contributed by atoms with E-state index in [1.54, 1.807) is 13.2 Å². The highest BCUT2D eigenvalue weighted by atomic mass is 35.5. The molecule has 9 heteroatoms. The minimum atomic E-state index is -3.92. The van der Waals surface area contributed by atoms with Crippen LogP contribution in [0.2, 0.25) is 5.02 Å². The van der Waals surface area contributed by atoms with Crippen LogP contribution in [-0.2, 0) is 26.6 Å². The van der Waals surface area contributed by atoms with E-state index in [4.69, 9.17) is 21.1 Å². The zero-order chi connectivity index (χ0) is 32.0. The minimum absolute atomic E-state index is 0.168. The fourth-order valence-corrected chi connectivity index (χ4v) is 10.4. The lowest BCUT2D eigenvalue weighted by molar-refractivity contribution is -0.0622. The molecule has 2 heterocycles. The summed E-state index contributed by atoms with van der Waals surface area (Å²) in [5.74, 6) is 0.643. The number of sulfonamides is 1. The molecular formula is C36H47ClN2O5S. The van der Waals surface area contributed by atoms with E-state index in [1.807, 2.05) is 32.0 Å². The molecule has 1 amide bonds. The van der Waals surface area contributed by atoms with Crippen molar-refractivity contribution < 1.29 is 22.7 Å². The van der Waals surface area contributed by atoms with Gasteiger partial charge in [-0.3, -0.25) is 4.79 Å². The van der Waals surface area contributed by atoms with Crippen molar-refractivity contribution >= 4 is 33.2 Å². The van der Waals surface area contributed by atoms with Crippen molar-refractivity contribution in [3.63, 3.8) is 0 Å². The Bertz CT molecular complexity index is 1580. The second-order valence-electron chi connectivity index (χ2n) is 14.0. The highest BCUT2D eigenvalue weighted by Gasteiger charge is 2.47. The average molecular weight is 655 g/mol. The van der Waals surface area contributed by atoms with Gasteiger partial charge in [0.2, 0.25) is 10.0 Å².